The van der Waals surface area contributed by atoms with E-state index in [0.717, 1.165) is 17.5 Å². The second-order valence-corrected chi connectivity index (χ2v) is 12.2. The zero-order chi connectivity index (χ0) is 28.3. The third kappa shape index (κ3) is 4.88. The second-order valence-electron chi connectivity index (χ2n) is 10.6. The molecule has 3 aliphatic rings. The molecule has 2 aromatic rings. The van der Waals surface area contributed by atoms with E-state index in [-0.39, 0.29) is 36.2 Å². The van der Waals surface area contributed by atoms with Crippen LogP contribution in [0.15, 0.2) is 86.0 Å². The largest absolute Gasteiger partial charge is 0.465 e. The SMILES string of the molecule is C=CCCOC(=O)[C@@H]1[C@@H]2CCC3(S2)C(C(=O)N(CC=C)Cc2ccccc2)N([C@H](CO)c2ccccc2)C(=O)[C@H]13. The Bertz CT molecular complexity index is 1250. The third-order valence-corrected chi connectivity index (χ3v) is 10.3. The van der Waals surface area contributed by atoms with Gasteiger partial charge in [-0.3, -0.25) is 14.4 Å². The normalized spacial score (nSPS) is 27.2. The second kappa shape index (κ2) is 12.0. The maximum atomic E-state index is 14.6. The van der Waals surface area contributed by atoms with Gasteiger partial charge < -0.3 is 19.6 Å². The van der Waals surface area contributed by atoms with Gasteiger partial charge in [0.1, 0.15) is 6.04 Å². The molecular weight excluding hydrogens is 524 g/mol. The minimum Gasteiger partial charge on any atom is -0.465 e. The first-order valence-corrected chi connectivity index (χ1v) is 14.7. The summed E-state index contributed by atoms with van der Waals surface area (Å²) in [6.07, 6.45) is 5.28. The molecule has 2 aromatic carbocycles. The van der Waals surface area contributed by atoms with Crippen LogP contribution < -0.4 is 0 Å². The highest BCUT2D eigenvalue weighted by Gasteiger charge is 2.74. The molecule has 0 aliphatic carbocycles. The quantitative estimate of drug-likeness (QED) is 0.239. The van der Waals surface area contributed by atoms with Gasteiger partial charge >= 0.3 is 5.97 Å². The van der Waals surface area contributed by atoms with Gasteiger partial charge in [-0.2, -0.15) is 0 Å². The van der Waals surface area contributed by atoms with Gasteiger partial charge in [-0.15, -0.1) is 24.9 Å². The number of hydrogen-bond donors (Lipinski definition) is 1. The summed E-state index contributed by atoms with van der Waals surface area (Å²) < 4.78 is 4.81. The fraction of sp³-hybridized carbons (Fsp3) is 0.406. The van der Waals surface area contributed by atoms with E-state index in [4.69, 9.17) is 4.74 Å². The number of carbonyl (C=O) groups excluding carboxylic acids is 3. The lowest BCUT2D eigenvalue weighted by Gasteiger charge is -2.39. The lowest BCUT2D eigenvalue weighted by atomic mass is 9.71. The van der Waals surface area contributed by atoms with Crippen LogP contribution in [0.1, 0.15) is 36.4 Å². The first-order chi connectivity index (χ1) is 19.5. The summed E-state index contributed by atoms with van der Waals surface area (Å²) in [6.45, 7) is 8.11. The highest BCUT2D eigenvalue weighted by Crippen LogP contribution is 2.67. The van der Waals surface area contributed by atoms with Gasteiger partial charge in [0, 0.05) is 18.3 Å². The number of nitrogens with zero attached hydrogens (tertiary/aromatic N) is 2. The number of thioether (sulfide) groups is 1. The van der Waals surface area contributed by atoms with Gasteiger partial charge in [0.15, 0.2) is 0 Å². The Balaban J connectivity index is 1.57. The van der Waals surface area contributed by atoms with Gasteiger partial charge in [0.05, 0.1) is 35.8 Å². The molecule has 3 saturated heterocycles. The Kier molecular flexibility index (Phi) is 8.47. The van der Waals surface area contributed by atoms with Crippen molar-refractivity contribution in [2.24, 2.45) is 11.8 Å². The van der Waals surface area contributed by atoms with E-state index < -0.39 is 28.7 Å². The van der Waals surface area contributed by atoms with Crippen LogP contribution in [0.4, 0.5) is 0 Å². The van der Waals surface area contributed by atoms with Crippen LogP contribution in [0.5, 0.6) is 0 Å². The van der Waals surface area contributed by atoms with Crippen LogP contribution in [-0.4, -0.2) is 68.5 Å². The molecule has 210 valence electrons. The van der Waals surface area contributed by atoms with E-state index in [0.29, 0.717) is 25.9 Å². The Hall–Kier alpha value is -3.36. The number of aliphatic hydroxyl groups excluding tert-OH is 1. The number of fused-ring (bicyclic) bond motifs is 1. The van der Waals surface area contributed by atoms with Crippen LogP contribution in [0, 0.1) is 11.8 Å². The molecule has 2 unspecified atom stereocenters. The van der Waals surface area contributed by atoms with Gasteiger partial charge in [-0.05, 0) is 30.4 Å². The van der Waals surface area contributed by atoms with Crippen LogP contribution in [-0.2, 0) is 25.7 Å². The number of esters is 1. The number of amides is 2. The lowest BCUT2D eigenvalue weighted by Crippen LogP contribution is -2.55. The van der Waals surface area contributed by atoms with Crippen molar-refractivity contribution >= 4 is 29.5 Å². The first-order valence-electron chi connectivity index (χ1n) is 13.8. The smallest absolute Gasteiger partial charge is 0.310 e. The highest BCUT2D eigenvalue weighted by molar-refractivity contribution is 8.02. The zero-order valence-electron chi connectivity index (χ0n) is 22.6. The van der Waals surface area contributed by atoms with E-state index in [1.54, 1.807) is 33.7 Å². The van der Waals surface area contributed by atoms with Crippen molar-refractivity contribution in [3.8, 4) is 0 Å². The molecule has 0 aromatic heterocycles. The van der Waals surface area contributed by atoms with Crippen molar-refractivity contribution in [3.63, 3.8) is 0 Å². The Morgan fingerprint density at radius 1 is 1.12 bits per heavy atom. The third-order valence-electron chi connectivity index (χ3n) is 8.38. The Morgan fingerprint density at radius 3 is 2.48 bits per heavy atom. The van der Waals surface area contributed by atoms with Crippen molar-refractivity contribution in [3.05, 3.63) is 97.1 Å². The zero-order valence-corrected chi connectivity index (χ0v) is 23.4. The predicted octanol–water partition coefficient (Wildman–Crippen LogP) is 4.15. The van der Waals surface area contributed by atoms with Crippen LogP contribution in [0.3, 0.4) is 0 Å². The van der Waals surface area contributed by atoms with Crippen molar-refractivity contribution in [1.29, 1.82) is 0 Å². The van der Waals surface area contributed by atoms with Gasteiger partial charge in [0.25, 0.3) is 0 Å². The average molecular weight is 561 g/mol. The summed E-state index contributed by atoms with van der Waals surface area (Å²) in [7, 11) is 0. The summed E-state index contributed by atoms with van der Waals surface area (Å²) in [5.74, 6) is -2.17. The summed E-state index contributed by atoms with van der Waals surface area (Å²) in [5.41, 5.74) is 1.71. The standard InChI is InChI=1S/C32H36N2O5S/c1-3-5-19-39-31(38)26-25-16-17-32(40-25)27(26)29(36)34(24(21-35)23-14-10-7-11-15-23)28(32)30(37)33(18-4-2)20-22-12-8-6-9-13-22/h3-4,6-15,24-28,35H,1-2,5,16-21H2/t24-,25+,26-,27+,28?,32?/m1/s1. The maximum Gasteiger partial charge on any atom is 0.310 e. The molecule has 6 atom stereocenters. The molecule has 3 heterocycles. The topological polar surface area (TPSA) is 87.2 Å². The predicted molar refractivity (Wildman–Crippen MR) is 155 cm³/mol. The summed E-state index contributed by atoms with van der Waals surface area (Å²) in [5, 5.41) is 10.6. The minimum absolute atomic E-state index is 0.0890. The van der Waals surface area contributed by atoms with E-state index in [1.807, 2.05) is 60.7 Å². The Labute approximate surface area is 239 Å². The molecule has 1 spiro atoms. The molecule has 40 heavy (non-hydrogen) atoms. The molecule has 0 saturated carbocycles. The average Bonchev–Trinajstić information content (AvgIpc) is 3.62. The van der Waals surface area contributed by atoms with Crippen LogP contribution in [0.25, 0.3) is 0 Å². The van der Waals surface area contributed by atoms with Gasteiger partial charge in [-0.1, -0.05) is 72.8 Å². The van der Waals surface area contributed by atoms with Gasteiger partial charge in [0.2, 0.25) is 11.8 Å². The number of hydrogen-bond acceptors (Lipinski definition) is 6. The molecular formula is C32H36N2O5S. The number of carbonyl (C=O) groups is 3. The van der Waals surface area contributed by atoms with Crippen molar-refractivity contribution < 1.29 is 24.2 Å². The van der Waals surface area contributed by atoms with Crippen molar-refractivity contribution in [2.75, 3.05) is 19.8 Å². The lowest BCUT2D eigenvalue weighted by molar-refractivity contribution is -0.154. The molecule has 3 fully saturated rings. The molecule has 8 heteroatoms. The number of benzene rings is 2. The molecule has 5 rings (SSSR count). The van der Waals surface area contributed by atoms with Crippen LogP contribution in [0.2, 0.25) is 0 Å². The van der Waals surface area contributed by atoms with E-state index in [1.165, 1.54) is 0 Å². The maximum absolute atomic E-state index is 14.6. The Morgan fingerprint density at radius 2 is 1.82 bits per heavy atom. The molecule has 7 nitrogen and oxygen atoms in total. The van der Waals surface area contributed by atoms with E-state index >= 15 is 0 Å². The van der Waals surface area contributed by atoms with E-state index in [9.17, 15) is 19.5 Å². The summed E-state index contributed by atoms with van der Waals surface area (Å²) >= 11 is 1.60. The number of rotatable bonds is 12. The molecule has 3 aliphatic heterocycles. The van der Waals surface area contributed by atoms with Crippen molar-refractivity contribution in [1.82, 2.24) is 9.80 Å². The molecule has 2 amide bonds. The van der Waals surface area contributed by atoms with Gasteiger partial charge in [-0.25, -0.2) is 0 Å². The first kappa shape index (κ1) is 28.2. The van der Waals surface area contributed by atoms with Crippen molar-refractivity contribution in [2.45, 2.75) is 47.9 Å². The highest BCUT2D eigenvalue weighted by atomic mass is 32.2. The molecule has 0 radical (unpaired) electrons. The number of aliphatic hydroxyl groups is 1. The summed E-state index contributed by atoms with van der Waals surface area (Å²) in [4.78, 5) is 45.7. The molecule has 2 bridgehead atoms. The number of likely N-dealkylation sites (tertiary alicyclic amines) is 1. The fourth-order valence-corrected chi connectivity index (χ4v) is 8.89. The minimum atomic E-state index is -0.841. The fourth-order valence-electron chi connectivity index (χ4n) is 6.71. The van der Waals surface area contributed by atoms with Crippen LogP contribution >= 0.6 is 11.8 Å². The molecule has 1 N–H and O–H groups in total. The summed E-state index contributed by atoms with van der Waals surface area (Å²) in [6, 6.07) is 17.5. The monoisotopic (exact) mass is 560 g/mol. The number of ether oxygens (including phenoxy) is 1. The van der Waals surface area contributed by atoms with E-state index in [2.05, 4.69) is 13.2 Å².